The summed E-state index contributed by atoms with van der Waals surface area (Å²) in [6, 6.07) is 10.6. The predicted molar refractivity (Wildman–Crippen MR) is 91.6 cm³/mol. The Hall–Kier alpha value is -2.60. The van der Waals surface area contributed by atoms with Gasteiger partial charge in [0, 0.05) is 11.3 Å². The third-order valence-corrected chi connectivity index (χ3v) is 3.44. The molecular weight excluding hydrogens is 311 g/mol. The van der Waals surface area contributed by atoms with Crippen LogP contribution in [0.3, 0.4) is 0 Å². The summed E-state index contributed by atoms with van der Waals surface area (Å²) in [6.07, 6.45) is 0. The molecule has 2 rings (SSSR count). The number of anilines is 2. The zero-order valence-electron chi connectivity index (χ0n) is 13.7. The van der Waals surface area contributed by atoms with Gasteiger partial charge in [-0.1, -0.05) is 12.1 Å². The van der Waals surface area contributed by atoms with E-state index >= 15 is 0 Å². The number of hydrogen-bond donors (Lipinski definition) is 3. The second kappa shape index (κ2) is 8.31. The number of para-hydroxylation sites is 1. The molecule has 24 heavy (non-hydrogen) atoms. The van der Waals surface area contributed by atoms with Gasteiger partial charge in [0.15, 0.2) is 0 Å². The smallest absolute Gasteiger partial charge is 0.246 e. The number of ether oxygens (including phenoxy) is 1. The van der Waals surface area contributed by atoms with Gasteiger partial charge in [-0.15, -0.1) is 0 Å². The van der Waals surface area contributed by atoms with Gasteiger partial charge in [-0.25, -0.2) is 4.39 Å². The van der Waals surface area contributed by atoms with Crippen molar-refractivity contribution >= 4 is 17.3 Å². The molecule has 1 atom stereocenters. The Morgan fingerprint density at radius 2 is 2.04 bits per heavy atom. The molecule has 0 aliphatic heterocycles. The van der Waals surface area contributed by atoms with Crippen molar-refractivity contribution in [1.82, 2.24) is 0 Å². The summed E-state index contributed by atoms with van der Waals surface area (Å²) < 4.78 is 19.0. The highest BCUT2D eigenvalue weighted by atomic mass is 19.1. The summed E-state index contributed by atoms with van der Waals surface area (Å²) in [5.41, 5.74) is 1.43. The van der Waals surface area contributed by atoms with Crippen molar-refractivity contribution < 1.29 is 19.0 Å². The number of carbonyl (C=O) groups is 1. The van der Waals surface area contributed by atoms with Gasteiger partial charge in [-0.3, -0.25) is 4.79 Å². The molecule has 2 aromatic carbocycles. The molecule has 0 spiro atoms. The van der Waals surface area contributed by atoms with Crippen molar-refractivity contribution in [1.29, 1.82) is 0 Å². The number of aliphatic hydroxyl groups is 1. The zero-order valence-corrected chi connectivity index (χ0v) is 13.7. The molecule has 1 unspecified atom stereocenters. The first kappa shape index (κ1) is 17.7. The number of benzene rings is 2. The van der Waals surface area contributed by atoms with Crippen LogP contribution in [0.5, 0.6) is 5.75 Å². The topological polar surface area (TPSA) is 70.6 Å². The summed E-state index contributed by atoms with van der Waals surface area (Å²) >= 11 is 0. The largest absolute Gasteiger partial charge is 0.494 e. The van der Waals surface area contributed by atoms with E-state index in [9.17, 15) is 14.3 Å². The molecule has 6 heteroatoms. The normalized spacial score (nSPS) is 11.7. The van der Waals surface area contributed by atoms with E-state index < -0.39 is 11.9 Å². The van der Waals surface area contributed by atoms with Crippen molar-refractivity contribution in [3.8, 4) is 5.75 Å². The summed E-state index contributed by atoms with van der Waals surface area (Å²) in [7, 11) is 0. The SMILES string of the molecule is CCOc1ccc(NC(C)C(=O)Nc2ccccc2F)cc1CO. The highest BCUT2D eigenvalue weighted by Crippen LogP contribution is 2.23. The number of nitrogens with one attached hydrogen (secondary N) is 2. The molecule has 0 fully saturated rings. The van der Waals surface area contributed by atoms with Crippen LogP contribution in [0.25, 0.3) is 0 Å². The maximum atomic E-state index is 13.6. The Morgan fingerprint density at radius 1 is 1.29 bits per heavy atom. The average Bonchev–Trinajstić information content (AvgIpc) is 2.58. The monoisotopic (exact) mass is 332 g/mol. The molecule has 0 radical (unpaired) electrons. The first-order valence-corrected chi connectivity index (χ1v) is 7.73. The summed E-state index contributed by atoms with van der Waals surface area (Å²) in [5.74, 6) is -0.241. The number of carbonyl (C=O) groups excluding carboxylic acids is 1. The van der Waals surface area contributed by atoms with Gasteiger partial charge in [0.05, 0.1) is 18.9 Å². The molecule has 3 N–H and O–H groups in total. The molecule has 0 aromatic heterocycles. The van der Waals surface area contributed by atoms with Crippen molar-refractivity contribution in [3.05, 3.63) is 53.8 Å². The van der Waals surface area contributed by atoms with E-state index in [1.807, 2.05) is 6.92 Å². The van der Waals surface area contributed by atoms with Crippen LogP contribution in [0.4, 0.5) is 15.8 Å². The van der Waals surface area contributed by atoms with Gasteiger partial charge in [-0.2, -0.15) is 0 Å². The van der Waals surface area contributed by atoms with Gasteiger partial charge in [0.1, 0.15) is 17.6 Å². The van der Waals surface area contributed by atoms with E-state index in [0.29, 0.717) is 23.6 Å². The average molecular weight is 332 g/mol. The van der Waals surface area contributed by atoms with E-state index in [1.54, 1.807) is 37.3 Å². The lowest BCUT2D eigenvalue weighted by molar-refractivity contribution is -0.116. The second-order valence-electron chi connectivity index (χ2n) is 5.25. The van der Waals surface area contributed by atoms with Crippen LogP contribution < -0.4 is 15.4 Å². The Bertz CT molecular complexity index is 706. The quantitative estimate of drug-likeness (QED) is 0.728. The number of halogens is 1. The lowest BCUT2D eigenvalue weighted by Gasteiger charge is -2.17. The fourth-order valence-corrected chi connectivity index (χ4v) is 2.21. The fraction of sp³-hybridized carbons (Fsp3) is 0.278. The van der Waals surface area contributed by atoms with Crippen molar-refractivity contribution in [2.24, 2.45) is 0 Å². The molecular formula is C18H21FN2O3. The van der Waals surface area contributed by atoms with E-state index in [2.05, 4.69) is 10.6 Å². The fourth-order valence-electron chi connectivity index (χ4n) is 2.21. The molecule has 0 saturated carbocycles. The molecule has 0 aliphatic rings. The summed E-state index contributed by atoms with van der Waals surface area (Å²) in [6.45, 7) is 3.87. The lowest BCUT2D eigenvalue weighted by Crippen LogP contribution is -2.32. The zero-order chi connectivity index (χ0) is 17.5. The minimum Gasteiger partial charge on any atom is -0.494 e. The molecule has 128 valence electrons. The van der Waals surface area contributed by atoms with Crippen molar-refractivity contribution in [2.75, 3.05) is 17.2 Å². The maximum absolute atomic E-state index is 13.6. The summed E-state index contributed by atoms with van der Waals surface area (Å²) in [4.78, 5) is 12.2. The van der Waals surface area contributed by atoms with Crippen LogP contribution in [0, 0.1) is 5.82 Å². The van der Waals surface area contributed by atoms with E-state index in [-0.39, 0.29) is 18.2 Å². The maximum Gasteiger partial charge on any atom is 0.246 e. The van der Waals surface area contributed by atoms with Crippen LogP contribution in [0.1, 0.15) is 19.4 Å². The standard InChI is InChI=1S/C18H21FN2O3/c1-3-24-17-9-8-14(10-13(17)11-22)20-12(2)18(23)21-16-7-5-4-6-15(16)19/h4-10,12,20,22H,3,11H2,1-2H3,(H,21,23). The van der Waals surface area contributed by atoms with Crippen LogP contribution in [0.2, 0.25) is 0 Å². The Morgan fingerprint density at radius 3 is 2.71 bits per heavy atom. The molecule has 2 aromatic rings. The van der Waals surface area contributed by atoms with E-state index in [0.717, 1.165) is 0 Å². The summed E-state index contributed by atoms with van der Waals surface area (Å²) in [5, 5.41) is 15.0. The minimum atomic E-state index is -0.589. The molecule has 1 amide bonds. The first-order valence-electron chi connectivity index (χ1n) is 7.73. The highest BCUT2D eigenvalue weighted by Gasteiger charge is 2.15. The number of rotatable bonds is 7. The van der Waals surface area contributed by atoms with Crippen LogP contribution in [0.15, 0.2) is 42.5 Å². The Kier molecular flexibility index (Phi) is 6.14. The van der Waals surface area contributed by atoms with E-state index in [4.69, 9.17) is 4.74 Å². The number of hydrogen-bond acceptors (Lipinski definition) is 4. The van der Waals surface area contributed by atoms with Gasteiger partial charge < -0.3 is 20.5 Å². The first-order chi connectivity index (χ1) is 11.5. The van der Waals surface area contributed by atoms with Crippen LogP contribution in [-0.2, 0) is 11.4 Å². The highest BCUT2D eigenvalue weighted by molar-refractivity contribution is 5.96. The second-order valence-corrected chi connectivity index (χ2v) is 5.25. The van der Waals surface area contributed by atoms with Gasteiger partial charge in [0.25, 0.3) is 0 Å². The third-order valence-electron chi connectivity index (χ3n) is 3.44. The molecule has 0 heterocycles. The Balaban J connectivity index is 2.04. The number of amides is 1. The van der Waals surface area contributed by atoms with Gasteiger partial charge in [0.2, 0.25) is 5.91 Å². The van der Waals surface area contributed by atoms with E-state index in [1.165, 1.54) is 12.1 Å². The molecule has 0 aliphatic carbocycles. The van der Waals surface area contributed by atoms with Gasteiger partial charge in [-0.05, 0) is 44.2 Å². The van der Waals surface area contributed by atoms with Crippen molar-refractivity contribution in [2.45, 2.75) is 26.5 Å². The molecule has 0 saturated heterocycles. The molecule has 0 bridgehead atoms. The molecule has 5 nitrogen and oxygen atoms in total. The number of aliphatic hydroxyl groups excluding tert-OH is 1. The predicted octanol–water partition coefficient (Wildman–Crippen LogP) is 3.16. The van der Waals surface area contributed by atoms with Crippen LogP contribution >= 0.6 is 0 Å². The minimum absolute atomic E-state index is 0.138. The van der Waals surface area contributed by atoms with Crippen LogP contribution in [-0.4, -0.2) is 23.7 Å². The third kappa shape index (κ3) is 4.45. The van der Waals surface area contributed by atoms with Crippen molar-refractivity contribution in [3.63, 3.8) is 0 Å². The van der Waals surface area contributed by atoms with Gasteiger partial charge >= 0.3 is 0 Å². The Labute approximate surface area is 140 Å². The lowest BCUT2D eigenvalue weighted by atomic mass is 10.1.